The predicted octanol–water partition coefficient (Wildman–Crippen LogP) is 5.10. The van der Waals surface area contributed by atoms with Crippen LogP contribution < -0.4 is 21.3 Å². The topological polar surface area (TPSA) is 318 Å². The summed E-state index contributed by atoms with van der Waals surface area (Å²) in [6.45, 7) is 3.63. The number of carbonyl (C=O) groups is 2. The fourth-order valence-electron chi connectivity index (χ4n) is 8.79. The van der Waals surface area contributed by atoms with Crippen LogP contribution in [0.3, 0.4) is 0 Å². The molecule has 9 unspecified atom stereocenters. The average Bonchev–Trinajstić information content (AvgIpc) is 4.24. The van der Waals surface area contributed by atoms with E-state index in [-0.39, 0.29) is 40.4 Å². The highest BCUT2D eigenvalue weighted by Crippen LogP contribution is 2.61. The zero-order chi connectivity index (χ0) is 50.7. The molecule has 384 valence electrons. The van der Waals surface area contributed by atoms with E-state index in [4.69, 9.17) is 37.3 Å². The number of fused-ring (bicyclic) bond motifs is 4. The lowest BCUT2D eigenvalue weighted by Gasteiger charge is -2.23. The smallest absolute Gasteiger partial charge is 0.349 e. The Labute approximate surface area is 415 Å². The van der Waals surface area contributed by atoms with Gasteiger partial charge in [-0.15, -0.1) is 0 Å². The van der Waals surface area contributed by atoms with Crippen LogP contribution in [0.15, 0.2) is 98.1 Å². The molecule has 0 saturated carbocycles. The van der Waals surface area contributed by atoms with Crippen molar-refractivity contribution in [1.82, 2.24) is 49.7 Å². The third-order valence-corrected chi connectivity index (χ3v) is 15.1. The normalized spacial score (nSPS) is 27.3. The molecule has 6 N–H and O–H groups in total. The highest BCUT2D eigenvalue weighted by molar-refractivity contribution is 7.64. The third kappa shape index (κ3) is 11.3. The summed E-state index contributed by atoms with van der Waals surface area (Å²) < 4.78 is 78.8. The molecular weight excluding hydrogens is 995 g/mol. The second kappa shape index (κ2) is 21.6. The van der Waals surface area contributed by atoms with Crippen LogP contribution in [0.25, 0.3) is 34.5 Å². The molecule has 0 radical (unpaired) electrons. The van der Waals surface area contributed by atoms with Crippen LogP contribution in [0.5, 0.6) is 0 Å². The van der Waals surface area contributed by atoms with Crippen molar-refractivity contribution in [3.63, 3.8) is 0 Å². The Balaban J connectivity index is 0.830. The molecule has 4 fully saturated rings. The molecule has 4 aromatic heterocycles. The van der Waals surface area contributed by atoms with Crippen LogP contribution in [0.2, 0.25) is 0 Å². The van der Waals surface area contributed by atoms with Crippen molar-refractivity contribution in [3.05, 3.63) is 109 Å². The number of carbonyl (C=O) groups excluding carboxylic acids is 2. The van der Waals surface area contributed by atoms with Gasteiger partial charge in [-0.1, -0.05) is 72.8 Å². The molecule has 0 spiro atoms. The Hall–Kier alpha value is -6.38. The monoisotopic (exact) mass is 1040 g/mol. The highest BCUT2D eigenvalue weighted by Gasteiger charge is 2.56. The van der Waals surface area contributed by atoms with Crippen LogP contribution in [0.4, 0.5) is 21.2 Å². The van der Waals surface area contributed by atoms with E-state index >= 15 is 0 Å². The number of urea groups is 2. The Kier molecular flexibility index (Phi) is 14.8. The number of amides is 4. The fraction of sp³-hybridized carbons (Fsp3) is 0.378. The second-order valence-electron chi connectivity index (χ2n) is 16.9. The number of phosphoric ester groups is 1. The van der Waals surface area contributed by atoms with Gasteiger partial charge in [-0.3, -0.25) is 28.9 Å². The molecule has 8 heterocycles. The number of imidazole rings is 2. The van der Waals surface area contributed by atoms with E-state index in [1.165, 1.54) is 25.3 Å². The zero-order valence-corrected chi connectivity index (χ0v) is 40.8. The molecule has 0 aliphatic carbocycles. The standard InChI is InChI=1S/C45H50N12O14P2/c1-3-46-44(58)54-38-32-40(50-22-48-38)56(24-52-32)42-36-34(67-30(69-36)17-15-26-11-7-5-8-12-26)28(65-42)19-20-72(60,61)71-73(62,63)64-21-29-35-37(70-31(68-35)18-16-27-13-9-6-10-14-27)43(66-29)57-25-53-33-39(49-23-51-41(33)57)55-45(59)47-4-2/h5-18,22-25,28-31,34-37,42-43H,3-4,19-21H2,1-2H3,(H,60,61)(H,62,63)(H2,46,48,50,54,58)(H2,47,49,51,55,59)/b17-15+,18-16+/t28-,29-,30?,31?,34?,35?,36?,37?,42-,43?/m1/s1. The van der Waals surface area contributed by atoms with E-state index in [1.54, 1.807) is 35.1 Å². The van der Waals surface area contributed by atoms with E-state index in [1.807, 2.05) is 72.8 Å². The Morgan fingerprint density at radius 1 is 0.644 bits per heavy atom. The molecular formula is C45H50N12O14P2. The van der Waals surface area contributed by atoms with Gasteiger partial charge in [0, 0.05) is 13.1 Å². The van der Waals surface area contributed by atoms with E-state index in [0.29, 0.717) is 13.1 Å². The molecule has 4 aliphatic heterocycles. The molecule has 6 aromatic rings. The summed E-state index contributed by atoms with van der Waals surface area (Å²) in [5.41, 5.74) is 2.82. The van der Waals surface area contributed by atoms with Gasteiger partial charge in [0.25, 0.3) is 0 Å². The summed E-state index contributed by atoms with van der Waals surface area (Å²) in [7, 11) is -10.2. The summed E-state index contributed by atoms with van der Waals surface area (Å²) in [4.78, 5) is 72.8. The van der Waals surface area contributed by atoms with Crippen molar-refractivity contribution in [1.29, 1.82) is 0 Å². The van der Waals surface area contributed by atoms with Crippen molar-refractivity contribution in [3.8, 4) is 0 Å². The molecule has 4 amide bonds. The van der Waals surface area contributed by atoms with Gasteiger partial charge >= 0.3 is 27.5 Å². The minimum Gasteiger partial charge on any atom is -0.349 e. The maximum atomic E-state index is 13.7. The number of ether oxygens (including phenoxy) is 6. The third-order valence-electron chi connectivity index (χ3n) is 12.0. The number of nitrogens with zero attached hydrogens (tertiary/aromatic N) is 8. The van der Waals surface area contributed by atoms with Gasteiger partial charge in [0.2, 0.25) is 0 Å². The van der Waals surface area contributed by atoms with Crippen molar-refractivity contribution in [2.24, 2.45) is 0 Å². The fourth-order valence-corrected chi connectivity index (χ4v) is 11.5. The summed E-state index contributed by atoms with van der Waals surface area (Å²) in [6, 6.07) is 17.9. The summed E-state index contributed by atoms with van der Waals surface area (Å²) >= 11 is 0. The number of hydrogen-bond acceptors (Lipinski definition) is 18. The van der Waals surface area contributed by atoms with E-state index in [2.05, 4.69) is 51.2 Å². The quantitative estimate of drug-likeness (QED) is 0.0610. The van der Waals surface area contributed by atoms with Gasteiger partial charge in [-0.25, -0.2) is 48.4 Å². The van der Waals surface area contributed by atoms with Gasteiger partial charge in [-0.2, -0.15) is 0 Å². The van der Waals surface area contributed by atoms with Gasteiger partial charge < -0.3 is 48.8 Å². The molecule has 26 nitrogen and oxygen atoms in total. The SMILES string of the molecule is CCNC(=O)Nc1ncnc2c1ncn2C1O[C@H](COP(=O)(O)OP(=O)(O)CC[C@H]2O[C@@H](n3cnc4c(NC(=O)NCC)ncnc43)C3OC(/C=C/c4ccccc4)OC32)C2OC(/C=C/c3ccccc3)OC21. The summed E-state index contributed by atoms with van der Waals surface area (Å²) in [5, 5.41) is 10.6. The molecule has 10 rings (SSSR count). The number of hydrogen-bond donors (Lipinski definition) is 6. The first-order valence-corrected chi connectivity index (χ1v) is 26.5. The lowest BCUT2D eigenvalue weighted by Crippen LogP contribution is -2.31. The minimum absolute atomic E-state index is 0.135. The van der Waals surface area contributed by atoms with Crippen LogP contribution in [-0.2, 0) is 46.4 Å². The van der Waals surface area contributed by atoms with Gasteiger partial charge in [0.15, 0.2) is 59.0 Å². The van der Waals surface area contributed by atoms with E-state index in [9.17, 15) is 28.5 Å². The molecule has 0 bridgehead atoms. The first-order valence-electron chi connectivity index (χ1n) is 23.2. The first kappa shape index (κ1) is 50.2. The van der Waals surface area contributed by atoms with E-state index < -0.39 is 102 Å². The maximum absolute atomic E-state index is 13.7. The number of nitrogens with one attached hydrogen (secondary N) is 4. The van der Waals surface area contributed by atoms with Crippen LogP contribution in [0.1, 0.15) is 43.9 Å². The maximum Gasteiger partial charge on any atom is 0.479 e. The van der Waals surface area contributed by atoms with Crippen molar-refractivity contribution in [2.75, 3.05) is 36.5 Å². The number of anilines is 2. The zero-order valence-electron chi connectivity index (χ0n) is 39.0. The first-order chi connectivity index (χ1) is 35.3. The van der Waals surface area contributed by atoms with Gasteiger partial charge in [0.1, 0.15) is 43.2 Å². The van der Waals surface area contributed by atoms with Crippen LogP contribution in [-0.4, -0.2) is 136 Å². The van der Waals surface area contributed by atoms with Crippen molar-refractivity contribution in [2.45, 2.75) is 81.9 Å². The number of rotatable bonds is 18. The largest absolute Gasteiger partial charge is 0.479 e. The number of aromatic nitrogens is 8. The van der Waals surface area contributed by atoms with Gasteiger partial charge in [-0.05, 0) is 43.5 Å². The Bertz CT molecular complexity index is 2890. The highest BCUT2D eigenvalue weighted by atomic mass is 31.3. The Morgan fingerprint density at radius 2 is 1.11 bits per heavy atom. The lowest BCUT2D eigenvalue weighted by molar-refractivity contribution is -0.132. The molecule has 12 atom stereocenters. The van der Waals surface area contributed by atoms with Crippen molar-refractivity contribution >= 4 is 73.6 Å². The predicted molar refractivity (Wildman–Crippen MR) is 258 cm³/mol. The van der Waals surface area contributed by atoms with E-state index in [0.717, 1.165) is 11.1 Å². The summed E-state index contributed by atoms with van der Waals surface area (Å²) in [6.07, 6.45) is 2.44. The number of benzene rings is 2. The van der Waals surface area contributed by atoms with Crippen LogP contribution in [0, 0.1) is 0 Å². The van der Waals surface area contributed by atoms with Gasteiger partial charge in [0.05, 0.1) is 31.5 Å². The summed E-state index contributed by atoms with van der Waals surface area (Å²) in [5.74, 6) is 0.283. The average molecular weight is 1040 g/mol. The molecule has 4 saturated heterocycles. The molecule has 4 aliphatic rings. The van der Waals surface area contributed by atoms with Crippen LogP contribution >= 0.6 is 15.4 Å². The number of phosphoric acid groups is 1. The molecule has 2 aromatic carbocycles. The van der Waals surface area contributed by atoms with Crippen molar-refractivity contribution < 1.29 is 65.8 Å². The minimum atomic E-state index is -5.30. The lowest BCUT2D eigenvalue weighted by atomic mass is 10.1. The Morgan fingerprint density at radius 3 is 1.60 bits per heavy atom. The molecule has 28 heteroatoms. The second-order valence-corrected chi connectivity index (χ2v) is 20.4. The molecule has 73 heavy (non-hydrogen) atoms.